The smallest absolute Gasteiger partial charge is 0.251 e. The highest BCUT2D eigenvalue weighted by Gasteiger charge is 2.25. The van der Waals surface area contributed by atoms with E-state index >= 15 is 0 Å². The largest absolute Gasteiger partial charge is 0.504 e. The summed E-state index contributed by atoms with van der Waals surface area (Å²) in [5.41, 5.74) is 2.30. The van der Waals surface area contributed by atoms with E-state index in [9.17, 15) is 19.4 Å². The predicted octanol–water partition coefficient (Wildman–Crippen LogP) is 5.58. The number of hydrogen-bond acceptors (Lipinski definition) is 5. The van der Waals surface area contributed by atoms with Gasteiger partial charge in [-0.15, -0.1) is 0 Å². The highest BCUT2D eigenvalue weighted by molar-refractivity contribution is 5.94. The van der Waals surface area contributed by atoms with Crippen LogP contribution in [0.3, 0.4) is 0 Å². The molecule has 0 bridgehead atoms. The summed E-state index contributed by atoms with van der Waals surface area (Å²) in [6.07, 6.45) is 2.59. The summed E-state index contributed by atoms with van der Waals surface area (Å²) in [6.45, 7) is 6.67. The van der Waals surface area contributed by atoms with Gasteiger partial charge in [-0.25, -0.2) is 4.39 Å². The third-order valence-corrected chi connectivity index (χ3v) is 6.87. The average molecular weight is 521 g/mol. The minimum Gasteiger partial charge on any atom is -0.504 e. The molecule has 7 heteroatoms. The van der Waals surface area contributed by atoms with Crippen molar-refractivity contribution in [1.29, 1.82) is 0 Å². The molecule has 1 aliphatic rings. The van der Waals surface area contributed by atoms with Crippen molar-refractivity contribution in [2.24, 2.45) is 5.92 Å². The number of rotatable bonds is 10. The van der Waals surface area contributed by atoms with Crippen LogP contribution in [0.15, 0.2) is 66.7 Å². The summed E-state index contributed by atoms with van der Waals surface area (Å²) >= 11 is 0. The lowest BCUT2D eigenvalue weighted by Crippen LogP contribution is -2.41. The van der Waals surface area contributed by atoms with Crippen LogP contribution in [0, 0.1) is 5.92 Å². The van der Waals surface area contributed by atoms with Crippen LogP contribution in [0.2, 0.25) is 0 Å². The summed E-state index contributed by atoms with van der Waals surface area (Å²) in [4.78, 5) is 14.7. The van der Waals surface area contributed by atoms with Crippen LogP contribution in [0.25, 0.3) is 11.1 Å². The van der Waals surface area contributed by atoms with Gasteiger partial charge in [0, 0.05) is 18.7 Å². The Morgan fingerprint density at radius 1 is 0.974 bits per heavy atom. The molecule has 4 rings (SSSR count). The molecule has 0 aliphatic carbocycles. The van der Waals surface area contributed by atoms with E-state index in [-0.39, 0.29) is 17.4 Å². The third-order valence-electron chi connectivity index (χ3n) is 6.87. The second kappa shape index (κ2) is 12.3. The van der Waals surface area contributed by atoms with E-state index in [0.29, 0.717) is 37.6 Å². The molecule has 3 N–H and O–H groups in total. The van der Waals surface area contributed by atoms with E-state index in [4.69, 9.17) is 4.74 Å². The molecule has 0 radical (unpaired) electrons. The van der Waals surface area contributed by atoms with Crippen LogP contribution in [0.5, 0.6) is 17.2 Å². The fourth-order valence-corrected chi connectivity index (χ4v) is 4.76. The number of aromatic hydroxyl groups is 2. The molecule has 1 heterocycles. The number of alkyl halides is 1. The van der Waals surface area contributed by atoms with Crippen molar-refractivity contribution < 1.29 is 24.1 Å². The number of hydrogen-bond donors (Lipinski definition) is 3. The predicted molar refractivity (Wildman–Crippen MR) is 148 cm³/mol. The molecule has 1 saturated heterocycles. The third kappa shape index (κ3) is 7.96. The molecule has 0 atom stereocenters. The van der Waals surface area contributed by atoms with Crippen molar-refractivity contribution in [2.45, 2.75) is 38.8 Å². The lowest BCUT2D eigenvalue weighted by molar-refractivity contribution is 0.0836. The van der Waals surface area contributed by atoms with Crippen molar-refractivity contribution in [3.05, 3.63) is 77.9 Å². The van der Waals surface area contributed by atoms with Crippen molar-refractivity contribution in [3.8, 4) is 28.4 Å². The summed E-state index contributed by atoms with van der Waals surface area (Å²) in [5.74, 6) is 0.828. The average Bonchev–Trinajstić information content (AvgIpc) is 2.90. The number of phenolic OH excluding ortho intramolecular Hbond substituents is 2. The van der Waals surface area contributed by atoms with Crippen molar-refractivity contribution in [3.63, 3.8) is 0 Å². The number of nitrogens with one attached hydrogen (secondary N) is 1. The molecule has 202 valence electrons. The van der Waals surface area contributed by atoms with Gasteiger partial charge in [-0.3, -0.25) is 4.79 Å². The van der Waals surface area contributed by atoms with Crippen LogP contribution in [0.1, 0.15) is 42.6 Å². The lowest BCUT2D eigenvalue weighted by Gasteiger charge is -2.34. The van der Waals surface area contributed by atoms with Gasteiger partial charge in [-0.1, -0.05) is 30.3 Å². The normalized spacial score (nSPS) is 14.8. The molecule has 38 heavy (non-hydrogen) atoms. The van der Waals surface area contributed by atoms with Gasteiger partial charge in [0.1, 0.15) is 11.4 Å². The van der Waals surface area contributed by atoms with Crippen LogP contribution >= 0.6 is 0 Å². The van der Waals surface area contributed by atoms with Gasteiger partial charge in [0.2, 0.25) is 0 Å². The first-order valence-corrected chi connectivity index (χ1v) is 13.2. The molecule has 0 spiro atoms. The molecular weight excluding hydrogens is 483 g/mol. The fraction of sp³-hybridized carbons (Fsp3) is 0.387. The first kappa shape index (κ1) is 27.5. The van der Waals surface area contributed by atoms with E-state index in [2.05, 4.69) is 10.2 Å². The maximum atomic E-state index is 13.9. The number of halogens is 1. The van der Waals surface area contributed by atoms with E-state index in [1.54, 1.807) is 32.0 Å². The van der Waals surface area contributed by atoms with Crippen LogP contribution in [-0.4, -0.2) is 59.5 Å². The number of likely N-dealkylation sites (tertiary alicyclic amines) is 1. The SMILES string of the molecule is CC(C)(F)CN1CCC(COc2ccc(-c3ccc(C(=O)NCCc4ccc(O)c(O)c4)cc3)cc2)CC1. The first-order valence-electron chi connectivity index (χ1n) is 13.2. The molecule has 1 fully saturated rings. The topological polar surface area (TPSA) is 82.0 Å². The van der Waals surface area contributed by atoms with Gasteiger partial charge in [0.05, 0.1) is 6.61 Å². The van der Waals surface area contributed by atoms with Gasteiger partial charge in [0.25, 0.3) is 5.91 Å². The van der Waals surface area contributed by atoms with Gasteiger partial charge in [-0.2, -0.15) is 0 Å². The lowest BCUT2D eigenvalue weighted by atomic mass is 9.97. The zero-order chi connectivity index (χ0) is 27.1. The minimum atomic E-state index is -1.15. The molecule has 0 aromatic heterocycles. The van der Waals surface area contributed by atoms with Crippen molar-refractivity contribution >= 4 is 5.91 Å². The number of carbonyl (C=O) groups excluding carboxylic acids is 1. The maximum Gasteiger partial charge on any atom is 0.251 e. The number of ether oxygens (including phenoxy) is 1. The highest BCUT2D eigenvalue weighted by Crippen LogP contribution is 2.26. The summed E-state index contributed by atoms with van der Waals surface area (Å²) < 4.78 is 19.9. The second-order valence-electron chi connectivity index (χ2n) is 10.7. The highest BCUT2D eigenvalue weighted by atomic mass is 19.1. The monoisotopic (exact) mass is 520 g/mol. The second-order valence-corrected chi connectivity index (χ2v) is 10.7. The quantitative estimate of drug-likeness (QED) is 0.304. The molecule has 0 unspecified atom stereocenters. The molecule has 1 amide bonds. The van der Waals surface area contributed by atoms with E-state index in [1.807, 2.05) is 36.4 Å². The van der Waals surface area contributed by atoms with Gasteiger partial charge >= 0.3 is 0 Å². The Morgan fingerprint density at radius 3 is 2.21 bits per heavy atom. The summed E-state index contributed by atoms with van der Waals surface area (Å²) in [7, 11) is 0. The zero-order valence-electron chi connectivity index (χ0n) is 22.1. The number of benzene rings is 3. The molecule has 6 nitrogen and oxygen atoms in total. The number of phenols is 2. The van der Waals surface area contributed by atoms with Gasteiger partial charge in [-0.05, 0) is 105 Å². The van der Waals surface area contributed by atoms with Crippen LogP contribution < -0.4 is 10.1 Å². The summed E-state index contributed by atoms with van der Waals surface area (Å²) in [5, 5.41) is 21.9. The van der Waals surface area contributed by atoms with E-state index < -0.39 is 5.67 Å². The fourth-order valence-electron chi connectivity index (χ4n) is 4.76. The van der Waals surface area contributed by atoms with E-state index in [0.717, 1.165) is 48.4 Å². The first-order chi connectivity index (χ1) is 18.2. The van der Waals surface area contributed by atoms with Gasteiger partial charge < -0.3 is 25.2 Å². The number of nitrogens with zero attached hydrogens (tertiary/aromatic N) is 1. The molecular formula is C31H37FN2O4. The Hall–Kier alpha value is -3.58. The molecule has 1 aliphatic heterocycles. The Labute approximate surface area is 224 Å². The van der Waals surface area contributed by atoms with Crippen LogP contribution in [-0.2, 0) is 6.42 Å². The Bertz CT molecular complexity index is 1200. The maximum absolute atomic E-state index is 13.9. The summed E-state index contributed by atoms with van der Waals surface area (Å²) in [6, 6.07) is 20.1. The zero-order valence-corrected chi connectivity index (χ0v) is 22.1. The van der Waals surface area contributed by atoms with Crippen molar-refractivity contribution in [2.75, 3.05) is 32.8 Å². The van der Waals surface area contributed by atoms with E-state index in [1.165, 1.54) is 12.1 Å². The molecule has 3 aromatic carbocycles. The Balaban J connectivity index is 1.21. The van der Waals surface area contributed by atoms with Crippen LogP contribution in [0.4, 0.5) is 4.39 Å². The van der Waals surface area contributed by atoms with Gasteiger partial charge in [0.15, 0.2) is 11.5 Å². The number of carbonyl (C=O) groups is 1. The van der Waals surface area contributed by atoms with Crippen molar-refractivity contribution in [1.82, 2.24) is 10.2 Å². The molecule has 3 aromatic rings. The minimum absolute atomic E-state index is 0.160. The standard InChI is InChI=1S/C31H37FN2O4/c1-31(2,32)21-34-17-14-23(15-18-34)20-38-27-10-8-25(9-11-27)24-4-6-26(7-5-24)30(37)33-16-13-22-3-12-28(35)29(36)19-22/h3-12,19,23,35-36H,13-18,20-21H2,1-2H3,(H,33,37). The number of amides is 1. The number of piperidine rings is 1. The Morgan fingerprint density at radius 2 is 1.61 bits per heavy atom. The molecule has 0 saturated carbocycles. The Kier molecular flexibility index (Phi) is 8.89.